The lowest BCUT2D eigenvalue weighted by atomic mass is 10.2. The molecule has 2 heterocycles. The molecular formula is C7H3F3IN3. The molecule has 0 unspecified atom stereocenters. The highest BCUT2D eigenvalue weighted by molar-refractivity contribution is 14.1. The minimum Gasteiger partial charge on any atom is -0.271 e. The van der Waals surface area contributed by atoms with E-state index in [4.69, 9.17) is 0 Å². The van der Waals surface area contributed by atoms with E-state index in [9.17, 15) is 13.2 Å². The molecule has 0 radical (unpaired) electrons. The number of H-pyrrole nitrogens is 1. The smallest absolute Gasteiger partial charge is 0.271 e. The maximum Gasteiger partial charge on any atom is 0.434 e. The van der Waals surface area contributed by atoms with Crippen molar-refractivity contribution in [2.24, 2.45) is 0 Å². The molecule has 0 aromatic carbocycles. The summed E-state index contributed by atoms with van der Waals surface area (Å²) in [6.45, 7) is 0. The van der Waals surface area contributed by atoms with E-state index in [-0.39, 0.29) is 10.9 Å². The lowest BCUT2D eigenvalue weighted by Gasteiger charge is -2.05. The van der Waals surface area contributed by atoms with Crippen LogP contribution in [0.15, 0.2) is 12.3 Å². The van der Waals surface area contributed by atoms with Crippen LogP contribution in [-0.2, 0) is 6.18 Å². The zero-order valence-electron chi connectivity index (χ0n) is 6.56. The molecule has 0 spiro atoms. The standard InChI is InChI=1S/C7H3F3IN3/c8-7(9,10)5-4-3(1-2-12-5)13-14-6(4)11/h1-2H,(H,13,14). The molecule has 2 rings (SSSR count). The van der Waals surface area contributed by atoms with Gasteiger partial charge in [0.15, 0.2) is 5.69 Å². The molecule has 74 valence electrons. The fraction of sp³-hybridized carbons (Fsp3) is 0.143. The molecule has 2 aromatic rings. The summed E-state index contributed by atoms with van der Waals surface area (Å²) in [5.74, 6) is 0. The van der Waals surface area contributed by atoms with Crippen LogP contribution >= 0.6 is 22.6 Å². The summed E-state index contributed by atoms with van der Waals surface area (Å²) in [6.07, 6.45) is -3.34. The Morgan fingerprint density at radius 1 is 1.36 bits per heavy atom. The first-order chi connectivity index (χ1) is 6.50. The highest BCUT2D eigenvalue weighted by Gasteiger charge is 2.35. The van der Waals surface area contributed by atoms with Gasteiger partial charge >= 0.3 is 6.18 Å². The van der Waals surface area contributed by atoms with Crippen molar-refractivity contribution in [3.8, 4) is 0 Å². The highest BCUT2D eigenvalue weighted by Crippen LogP contribution is 2.33. The summed E-state index contributed by atoms with van der Waals surface area (Å²) in [5.41, 5.74) is -0.620. The summed E-state index contributed by atoms with van der Waals surface area (Å²) in [5, 5.41) is 6.23. The molecule has 3 nitrogen and oxygen atoms in total. The second kappa shape index (κ2) is 3.07. The maximum atomic E-state index is 12.5. The molecule has 0 fully saturated rings. The first kappa shape index (κ1) is 9.69. The van der Waals surface area contributed by atoms with Crippen LogP contribution in [0, 0.1) is 3.70 Å². The predicted molar refractivity (Wildman–Crippen MR) is 51.6 cm³/mol. The van der Waals surface area contributed by atoms with Crippen LogP contribution in [0.3, 0.4) is 0 Å². The van der Waals surface area contributed by atoms with E-state index in [0.29, 0.717) is 3.70 Å². The largest absolute Gasteiger partial charge is 0.434 e. The van der Waals surface area contributed by atoms with Crippen molar-refractivity contribution >= 4 is 33.5 Å². The Morgan fingerprint density at radius 3 is 2.71 bits per heavy atom. The minimum absolute atomic E-state index is 0.0283. The van der Waals surface area contributed by atoms with Crippen LogP contribution in [-0.4, -0.2) is 15.2 Å². The van der Waals surface area contributed by atoms with Gasteiger partial charge in [-0.3, -0.25) is 10.1 Å². The summed E-state index contributed by atoms with van der Waals surface area (Å²) < 4.78 is 37.7. The Morgan fingerprint density at radius 2 is 2.07 bits per heavy atom. The molecule has 0 amide bonds. The molecule has 0 bridgehead atoms. The van der Waals surface area contributed by atoms with Crippen molar-refractivity contribution < 1.29 is 13.2 Å². The molecule has 0 aliphatic carbocycles. The average molecular weight is 313 g/mol. The molecule has 1 N–H and O–H groups in total. The summed E-state index contributed by atoms with van der Waals surface area (Å²) in [7, 11) is 0. The number of rotatable bonds is 0. The van der Waals surface area contributed by atoms with Crippen molar-refractivity contribution in [3.63, 3.8) is 0 Å². The molecule has 2 aromatic heterocycles. The van der Waals surface area contributed by atoms with Gasteiger partial charge in [0.1, 0.15) is 3.70 Å². The number of pyridine rings is 1. The van der Waals surface area contributed by atoms with Crippen LogP contribution in [0.2, 0.25) is 0 Å². The molecule has 14 heavy (non-hydrogen) atoms. The Bertz CT molecular complexity index is 476. The number of hydrogen-bond acceptors (Lipinski definition) is 2. The van der Waals surface area contributed by atoms with Crippen molar-refractivity contribution in [3.05, 3.63) is 21.7 Å². The van der Waals surface area contributed by atoms with Gasteiger partial charge in [0.05, 0.1) is 10.9 Å². The average Bonchev–Trinajstić information content (AvgIpc) is 2.46. The SMILES string of the molecule is FC(F)(F)c1nccc2n[nH]c(I)c12. The van der Waals surface area contributed by atoms with Gasteiger partial charge in [-0.25, -0.2) is 0 Å². The monoisotopic (exact) mass is 313 g/mol. The molecule has 0 saturated carbocycles. The highest BCUT2D eigenvalue weighted by atomic mass is 127. The molecule has 0 atom stereocenters. The second-order valence-corrected chi connectivity index (χ2v) is 3.67. The maximum absolute atomic E-state index is 12.5. The normalized spacial score (nSPS) is 12.3. The van der Waals surface area contributed by atoms with Gasteiger partial charge < -0.3 is 0 Å². The Balaban J connectivity index is 2.82. The van der Waals surface area contributed by atoms with Crippen LogP contribution in [0.1, 0.15) is 5.69 Å². The molecule has 0 aliphatic rings. The third-order valence-corrected chi connectivity index (χ3v) is 2.47. The van der Waals surface area contributed by atoms with E-state index < -0.39 is 11.9 Å². The van der Waals surface area contributed by atoms with E-state index in [2.05, 4.69) is 15.2 Å². The summed E-state index contributed by atoms with van der Waals surface area (Å²) in [4.78, 5) is 3.32. The Labute approximate surface area is 89.9 Å². The number of nitrogens with zero attached hydrogens (tertiary/aromatic N) is 2. The van der Waals surface area contributed by atoms with Crippen LogP contribution in [0.4, 0.5) is 13.2 Å². The lowest BCUT2D eigenvalue weighted by molar-refractivity contribution is -0.139. The Hall–Kier alpha value is -0.860. The fourth-order valence-electron chi connectivity index (χ4n) is 1.14. The number of nitrogens with one attached hydrogen (secondary N) is 1. The molecule has 7 heteroatoms. The molecule has 0 saturated heterocycles. The van der Waals surface area contributed by atoms with Gasteiger partial charge in [0, 0.05) is 6.20 Å². The minimum atomic E-state index is -4.44. The van der Waals surface area contributed by atoms with Crippen LogP contribution in [0.25, 0.3) is 10.9 Å². The predicted octanol–water partition coefficient (Wildman–Crippen LogP) is 2.58. The first-order valence-electron chi connectivity index (χ1n) is 3.56. The summed E-state index contributed by atoms with van der Waals surface area (Å²) >= 11 is 1.76. The number of alkyl halides is 3. The van der Waals surface area contributed by atoms with Gasteiger partial charge in [-0.05, 0) is 28.7 Å². The number of hydrogen-bond donors (Lipinski definition) is 1. The van der Waals surface area contributed by atoms with Crippen LogP contribution < -0.4 is 0 Å². The van der Waals surface area contributed by atoms with Crippen molar-refractivity contribution in [2.45, 2.75) is 6.18 Å². The Kier molecular flexibility index (Phi) is 2.13. The first-order valence-corrected chi connectivity index (χ1v) is 4.64. The number of fused-ring (bicyclic) bond motifs is 1. The molecule has 0 aliphatic heterocycles. The number of aromatic amines is 1. The van der Waals surface area contributed by atoms with Gasteiger partial charge in [-0.1, -0.05) is 0 Å². The zero-order chi connectivity index (χ0) is 10.3. The zero-order valence-corrected chi connectivity index (χ0v) is 8.72. The van der Waals surface area contributed by atoms with Crippen molar-refractivity contribution in [1.29, 1.82) is 0 Å². The van der Waals surface area contributed by atoms with Gasteiger partial charge in [0.2, 0.25) is 0 Å². The topological polar surface area (TPSA) is 41.6 Å². The lowest BCUT2D eigenvalue weighted by Crippen LogP contribution is -2.08. The summed E-state index contributed by atoms with van der Waals surface area (Å²) in [6, 6.07) is 1.43. The van der Waals surface area contributed by atoms with E-state index in [0.717, 1.165) is 6.20 Å². The third-order valence-electron chi connectivity index (χ3n) is 1.69. The second-order valence-electron chi connectivity index (χ2n) is 2.59. The van der Waals surface area contributed by atoms with E-state index >= 15 is 0 Å². The van der Waals surface area contributed by atoms with Gasteiger partial charge in [-0.2, -0.15) is 18.3 Å². The molecular weight excluding hydrogens is 310 g/mol. The number of aromatic nitrogens is 3. The van der Waals surface area contributed by atoms with E-state index in [1.54, 1.807) is 22.6 Å². The van der Waals surface area contributed by atoms with Crippen molar-refractivity contribution in [1.82, 2.24) is 15.2 Å². The number of halogens is 4. The van der Waals surface area contributed by atoms with E-state index in [1.165, 1.54) is 6.07 Å². The fourth-order valence-corrected chi connectivity index (χ4v) is 1.79. The van der Waals surface area contributed by atoms with Gasteiger partial charge in [-0.15, -0.1) is 0 Å². The third kappa shape index (κ3) is 1.45. The van der Waals surface area contributed by atoms with Gasteiger partial charge in [0.25, 0.3) is 0 Å². The van der Waals surface area contributed by atoms with E-state index in [1.807, 2.05) is 0 Å². The quantitative estimate of drug-likeness (QED) is 0.760. The van der Waals surface area contributed by atoms with Crippen LogP contribution in [0.5, 0.6) is 0 Å². The van der Waals surface area contributed by atoms with Crippen molar-refractivity contribution in [2.75, 3.05) is 0 Å².